The minimum atomic E-state index is 0.470. The smallest absolute Gasteiger partial charge is 0.183 e. The Labute approximate surface area is 97.0 Å². The van der Waals surface area contributed by atoms with Gasteiger partial charge in [0.1, 0.15) is 0 Å². The summed E-state index contributed by atoms with van der Waals surface area (Å²) in [6.07, 6.45) is 2.82. The summed E-state index contributed by atoms with van der Waals surface area (Å²) < 4.78 is 10.5. The van der Waals surface area contributed by atoms with Crippen LogP contribution in [0.4, 0.5) is 0 Å². The highest BCUT2D eigenvalue weighted by molar-refractivity contribution is 5.42. The van der Waals surface area contributed by atoms with Crippen LogP contribution in [0.1, 0.15) is 26.0 Å². The summed E-state index contributed by atoms with van der Waals surface area (Å²) in [5.41, 5.74) is 0.877. The van der Waals surface area contributed by atoms with E-state index in [4.69, 9.17) is 9.47 Å². The molecule has 0 aromatic carbocycles. The van der Waals surface area contributed by atoms with Gasteiger partial charge in [-0.3, -0.25) is 4.98 Å². The fourth-order valence-electron chi connectivity index (χ4n) is 1.39. The van der Waals surface area contributed by atoms with E-state index >= 15 is 0 Å². The molecular weight excluding hydrogens is 204 g/mol. The van der Waals surface area contributed by atoms with Crippen molar-refractivity contribution >= 4 is 0 Å². The number of nitrogens with zero attached hydrogens (tertiary/aromatic N) is 1. The van der Waals surface area contributed by atoms with Gasteiger partial charge in [0, 0.05) is 24.8 Å². The first-order chi connectivity index (χ1) is 7.72. The average Bonchev–Trinajstić information content (AvgIpc) is 2.34. The number of rotatable bonds is 6. The van der Waals surface area contributed by atoms with Crippen LogP contribution in [0.5, 0.6) is 11.5 Å². The summed E-state index contributed by atoms with van der Waals surface area (Å²) >= 11 is 0. The summed E-state index contributed by atoms with van der Waals surface area (Å²) in [5.74, 6) is 1.43. The Balaban J connectivity index is 2.78. The predicted molar refractivity (Wildman–Crippen MR) is 63.9 cm³/mol. The van der Waals surface area contributed by atoms with Gasteiger partial charge in [-0.25, -0.2) is 0 Å². The van der Waals surface area contributed by atoms with Crippen molar-refractivity contribution in [2.45, 2.75) is 32.9 Å². The molecule has 1 unspecified atom stereocenters. The maximum absolute atomic E-state index is 5.31. The molecule has 0 radical (unpaired) electrons. The number of methoxy groups -OCH3 is 2. The highest BCUT2D eigenvalue weighted by Crippen LogP contribution is 2.28. The van der Waals surface area contributed by atoms with Crippen molar-refractivity contribution in [3.63, 3.8) is 0 Å². The molecule has 1 N–H and O–H groups in total. The van der Waals surface area contributed by atoms with Crippen molar-refractivity contribution in [3.05, 3.63) is 18.0 Å². The van der Waals surface area contributed by atoms with E-state index < -0.39 is 0 Å². The fourth-order valence-corrected chi connectivity index (χ4v) is 1.39. The van der Waals surface area contributed by atoms with Crippen molar-refractivity contribution in [1.29, 1.82) is 0 Å². The molecule has 0 saturated heterocycles. The Kier molecular flexibility index (Phi) is 5.05. The second kappa shape index (κ2) is 6.33. The second-order valence-corrected chi connectivity index (χ2v) is 3.68. The summed E-state index contributed by atoms with van der Waals surface area (Å²) in [7, 11) is 3.26. The van der Waals surface area contributed by atoms with Crippen LogP contribution in [0.15, 0.2) is 12.3 Å². The van der Waals surface area contributed by atoms with Gasteiger partial charge in [-0.15, -0.1) is 0 Å². The number of pyridine rings is 1. The van der Waals surface area contributed by atoms with E-state index in [1.807, 2.05) is 0 Å². The van der Waals surface area contributed by atoms with Gasteiger partial charge in [-0.1, -0.05) is 6.92 Å². The molecule has 0 spiro atoms. The van der Waals surface area contributed by atoms with Crippen LogP contribution >= 0.6 is 0 Å². The first-order valence-corrected chi connectivity index (χ1v) is 5.52. The minimum absolute atomic E-state index is 0.470. The lowest BCUT2D eigenvalue weighted by Gasteiger charge is -2.14. The maximum atomic E-state index is 5.31. The van der Waals surface area contributed by atoms with Crippen LogP contribution in [0.25, 0.3) is 0 Å². The van der Waals surface area contributed by atoms with Gasteiger partial charge in [0.05, 0.1) is 19.9 Å². The largest absolute Gasteiger partial charge is 0.493 e. The average molecular weight is 224 g/mol. The molecule has 0 aliphatic carbocycles. The SMILES string of the molecule is CCC(C)NCc1nccc(OC)c1OC. The summed E-state index contributed by atoms with van der Waals surface area (Å²) in [5, 5.41) is 3.38. The number of hydrogen-bond acceptors (Lipinski definition) is 4. The molecule has 1 atom stereocenters. The van der Waals surface area contributed by atoms with Gasteiger partial charge < -0.3 is 14.8 Å². The zero-order valence-electron chi connectivity index (χ0n) is 10.4. The van der Waals surface area contributed by atoms with Crippen LogP contribution < -0.4 is 14.8 Å². The standard InChI is InChI=1S/C12H20N2O2/c1-5-9(2)14-8-10-12(16-4)11(15-3)6-7-13-10/h6-7,9,14H,5,8H2,1-4H3. The molecule has 0 bridgehead atoms. The Bertz CT molecular complexity index is 329. The van der Waals surface area contributed by atoms with Crippen molar-refractivity contribution < 1.29 is 9.47 Å². The van der Waals surface area contributed by atoms with Crippen LogP contribution in [0, 0.1) is 0 Å². The van der Waals surface area contributed by atoms with Gasteiger partial charge in [0.2, 0.25) is 0 Å². The van der Waals surface area contributed by atoms with Gasteiger partial charge in [0.25, 0.3) is 0 Å². The maximum Gasteiger partial charge on any atom is 0.183 e. The molecule has 1 aromatic rings. The van der Waals surface area contributed by atoms with E-state index in [1.54, 1.807) is 26.5 Å². The van der Waals surface area contributed by atoms with Crippen LogP contribution in [-0.4, -0.2) is 25.2 Å². The topological polar surface area (TPSA) is 43.4 Å². The second-order valence-electron chi connectivity index (χ2n) is 3.68. The Hall–Kier alpha value is -1.29. The Morgan fingerprint density at radius 1 is 1.38 bits per heavy atom. The normalized spacial score (nSPS) is 12.2. The number of nitrogens with one attached hydrogen (secondary N) is 1. The van der Waals surface area contributed by atoms with Crippen LogP contribution in [-0.2, 0) is 6.54 Å². The summed E-state index contributed by atoms with van der Waals surface area (Å²) in [6, 6.07) is 2.27. The molecule has 0 saturated carbocycles. The van der Waals surface area contributed by atoms with Gasteiger partial charge in [-0.05, 0) is 13.3 Å². The zero-order chi connectivity index (χ0) is 12.0. The van der Waals surface area contributed by atoms with Gasteiger partial charge >= 0.3 is 0 Å². The number of ether oxygens (including phenoxy) is 2. The molecule has 4 nitrogen and oxygen atoms in total. The predicted octanol–water partition coefficient (Wildman–Crippen LogP) is 1.99. The lowest BCUT2D eigenvalue weighted by atomic mass is 10.2. The van der Waals surface area contributed by atoms with E-state index in [0.717, 1.165) is 17.9 Å². The molecule has 1 rings (SSSR count). The number of hydrogen-bond donors (Lipinski definition) is 1. The molecule has 1 heterocycles. The molecular formula is C12H20N2O2. The highest BCUT2D eigenvalue weighted by Gasteiger charge is 2.11. The lowest BCUT2D eigenvalue weighted by Crippen LogP contribution is -2.25. The molecule has 0 amide bonds. The van der Waals surface area contributed by atoms with Crippen molar-refractivity contribution in [2.24, 2.45) is 0 Å². The molecule has 0 aliphatic heterocycles. The molecule has 16 heavy (non-hydrogen) atoms. The van der Waals surface area contributed by atoms with E-state index in [-0.39, 0.29) is 0 Å². The first kappa shape index (κ1) is 12.8. The van der Waals surface area contributed by atoms with Crippen LogP contribution in [0.2, 0.25) is 0 Å². The first-order valence-electron chi connectivity index (χ1n) is 5.52. The van der Waals surface area contributed by atoms with E-state index in [9.17, 15) is 0 Å². The van der Waals surface area contributed by atoms with Gasteiger partial charge in [-0.2, -0.15) is 0 Å². The summed E-state index contributed by atoms with van der Waals surface area (Å²) in [4.78, 5) is 4.30. The Morgan fingerprint density at radius 2 is 2.12 bits per heavy atom. The Morgan fingerprint density at radius 3 is 2.69 bits per heavy atom. The van der Waals surface area contributed by atoms with E-state index in [0.29, 0.717) is 18.3 Å². The molecule has 4 heteroatoms. The third-order valence-electron chi connectivity index (χ3n) is 2.60. The molecule has 1 aromatic heterocycles. The minimum Gasteiger partial charge on any atom is -0.493 e. The zero-order valence-corrected chi connectivity index (χ0v) is 10.4. The quantitative estimate of drug-likeness (QED) is 0.802. The van der Waals surface area contributed by atoms with E-state index in [2.05, 4.69) is 24.1 Å². The van der Waals surface area contributed by atoms with Crippen molar-refractivity contribution in [1.82, 2.24) is 10.3 Å². The lowest BCUT2D eigenvalue weighted by molar-refractivity contribution is 0.347. The van der Waals surface area contributed by atoms with Gasteiger partial charge in [0.15, 0.2) is 11.5 Å². The molecule has 0 aliphatic rings. The molecule has 0 fully saturated rings. The third kappa shape index (κ3) is 3.10. The van der Waals surface area contributed by atoms with Crippen LogP contribution in [0.3, 0.4) is 0 Å². The number of aromatic nitrogens is 1. The summed E-state index contributed by atoms with van der Waals surface area (Å²) in [6.45, 7) is 4.98. The van der Waals surface area contributed by atoms with Crippen molar-refractivity contribution in [2.75, 3.05) is 14.2 Å². The van der Waals surface area contributed by atoms with E-state index in [1.165, 1.54) is 0 Å². The fraction of sp³-hybridized carbons (Fsp3) is 0.583. The van der Waals surface area contributed by atoms with Crippen molar-refractivity contribution in [3.8, 4) is 11.5 Å². The monoisotopic (exact) mass is 224 g/mol. The molecule has 90 valence electrons. The third-order valence-corrected chi connectivity index (χ3v) is 2.60. The highest BCUT2D eigenvalue weighted by atomic mass is 16.5.